The second-order valence-electron chi connectivity index (χ2n) is 6.68. The zero-order valence-corrected chi connectivity index (χ0v) is 14.8. The molecule has 2 aliphatic heterocycles. The Kier molecular flexibility index (Phi) is 6.18. The number of carbonyl (C=O) groups excluding carboxylic acids is 2. The van der Waals surface area contributed by atoms with E-state index in [0.717, 1.165) is 0 Å². The molecule has 26 heavy (non-hydrogen) atoms. The van der Waals surface area contributed by atoms with Crippen LogP contribution in [0.2, 0.25) is 0 Å². The van der Waals surface area contributed by atoms with Crippen molar-refractivity contribution in [3.8, 4) is 0 Å². The Labute approximate surface area is 152 Å². The summed E-state index contributed by atoms with van der Waals surface area (Å²) < 4.78 is 11.6. The minimum Gasteiger partial charge on any atom is -0.389 e. The van der Waals surface area contributed by atoms with E-state index < -0.39 is 6.10 Å². The number of fused-ring (bicyclic) bond motifs is 1. The fourth-order valence-electron chi connectivity index (χ4n) is 3.52. The number of hydrogen-bond acceptors (Lipinski definition) is 6. The Bertz CT molecular complexity index is 627. The number of ether oxygens (including phenoxy) is 2. The molecule has 0 aromatic carbocycles. The van der Waals surface area contributed by atoms with Gasteiger partial charge in [-0.1, -0.05) is 6.07 Å². The molecule has 0 bridgehead atoms. The number of aliphatic hydroxyl groups is 1. The molecule has 0 radical (unpaired) electrons. The summed E-state index contributed by atoms with van der Waals surface area (Å²) in [6.07, 6.45) is 1.92. The zero-order chi connectivity index (χ0) is 18.5. The lowest BCUT2D eigenvalue weighted by molar-refractivity contribution is -0.150. The van der Waals surface area contributed by atoms with Crippen molar-refractivity contribution in [1.29, 1.82) is 0 Å². The van der Waals surface area contributed by atoms with Gasteiger partial charge in [-0.3, -0.25) is 14.6 Å². The number of rotatable bonds is 3. The van der Waals surface area contributed by atoms with E-state index in [1.54, 1.807) is 36.3 Å². The van der Waals surface area contributed by atoms with E-state index >= 15 is 0 Å². The van der Waals surface area contributed by atoms with E-state index in [2.05, 4.69) is 10.3 Å². The van der Waals surface area contributed by atoms with Crippen LogP contribution in [0, 0.1) is 0 Å². The predicted octanol–water partition coefficient (Wildman–Crippen LogP) is -0.0328. The number of carbonyl (C=O) groups is 2. The van der Waals surface area contributed by atoms with Crippen LogP contribution in [0.3, 0.4) is 0 Å². The molecule has 1 aromatic heterocycles. The monoisotopic (exact) mass is 363 g/mol. The number of amides is 2. The zero-order valence-electron chi connectivity index (χ0n) is 14.8. The molecule has 0 unspecified atom stereocenters. The van der Waals surface area contributed by atoms with Crippen LogP contribution in [0.15, 0.2) is 24.4 Å². The van der Waals surface area contributed by atoms with E-state index in [1.807, 2.05) is 0 Å². The van der Waals surface area contributed by atoms with E-state index in [1.165, 1.54) is 0 Å². The molecule has 2 saturated heterocycles. The summed E-state index contributed by atoms with van der Waals surface area (Å²) in [4.78, 5) is 30.4. The molecule has 8 heteroatoms. The number of β-amino-alcohol motifs (C(OH)–C–C–N with tert-alkyl or cyclic N) is 1. The third-order valence-electron chi connectivity index (χ3n) is 4.82. The SMILES string of the molecule is CNC(=O)C[C@H]1CC[C@@H]2[C@H](COC[C@H](O)CN2C(=O)c2ccccn2)O1. The molecule has 2 N–H and O–H groups in total. The molecule has 8 nitrogen and oxygen atoms in total. The molecule has 0 saturated carbocycles. The third kappa shape index (κ3) is 4.38. The van der Waals surface area contributed by atoms with E-state index in [0.29, 0.717) is 18.5 Å². The first-order valence-electron chi connectivity index (χ1n) is 8.92. The molecule has 3 rings (SSSR count). The minimum absolute atomic E-state index is 0.0722. The normalized spacial score (nSPS) is 29.2. The Hall–Kier alpha value is -2.03. The average molecular weight is 363 g/mol. The van der Waals surface area contributed by atoms with Gasteiger partial charge >= 0.3 is 0 Å². The second-order valence-corrected chi connectivity index (χ2v) is 6.68. The number of hydrogen-bond donors (Lipinski definition) is 2. The molecule has 3 heterocycles. The fourth-order valence-corrected chi connectivity index (χ4v) is 3.52. The summed E-state index contributed by atoms with van der Waals surface area (Å²) in [5.41, 5.74) is 0.340. The van der Waals surface area contributed by atoms with E-state index in [9.17, 15) is 14.7 Å². The van der Waals surface area contributed by atoms with Gasteiger partial charge in [0, 0.05) is 19.8 Å². The summed E-state index contributed by atoms with van der Waals surface area (Å²) in [6, 6.07) is 4.96. The van der Waals surface area contributed by atoms with Crippen molar-refractivity contribution in [3.05, 3.63) is 30.1 Å². The summed E-state index contributed by atoms with van der Waals surface area (Å²) in [6.45, 7) is 0.580. The molecular weight excluding hydrogens is 338 g/mol. The maximum atomic E-state index is 13.0. The lowest BCUT2D eigenvalue weighted by Crippen LogP contribution is -2.57. The van der Waals surface area contributed by atoms with Gasteiger partial charge in [-0.15, -0.1) is 0 Å². The molecule has 2 aliphatic rings. The van der Waals surface area contributed by atoms with Gasteiger partial charge in [0.05, 0.1) is 37.9 Å². The van der Waals surface area contributed by atoms with Crippen LogP contribution in [0.5, 0.6) is 0 Å². The Balaban J connectivity index is 1.77. The quantitative estimate of drug-likeness (QED) is 0.782. The van der Waals surface area contributed by atoms with Crippen molar-refractivity contribution in [1.82, 2.24) is 15.2 Å². The van der Waals surface area contributed by atoms with E-state index in [4.69, 9.17) is 9.47 Å². The number of aromatic nitrogens is 1. The first-order valence-corrected chi connectivity index (χ1v) is 8.92. The van der Waals surface area contributed by atoms with Crippen molar-refractivity contribution >= 4 is 11.8 Å². The van der Waals surface area contributed by atoms with Gasteiger partial charge in [0.25, 0.3) is 5.91 Å². The highest BCUT2D eigenvalue weighted by Gasteiger charge is 2.40. The van der Waals surface area contributed by atoms with Crippen LogP contribution < -0.4 is 5.32 Å². The van der Waals surface area contributed by atoms with Crippen LogP contribution in [-0.4, -0.2) is 78.0 Å². The van der Waals surface area contributed by atoms with Gasteiger partial charge < -0.3 is 24.8 Å². The number of nitrogens with one attached hydrogen (secondary N) is 1. The van der Waals surface area contributed by atoms with Gasteiger partial charge in [-0.2, -0.15) is 0 Å². The maximum absolute atomic E-state index is 13.0. The first kappa shape index (κ1) is 18.8. The largest absolute Gasteiger partial charge is 0.389 e. The van der Waals surface area contributed by atoms with Gasteiger partial charge in [0.2, 0.25) is 5.91 Å². The minimum atomic E-state index is -0.757. The van der Waals surface area contributed by atoms with Crippen molar-refractivity contribution < 1.29 is 24.2 Å². The van der Waals surface area contributed by atoms with Gasteiger partial charge in [0.1, 0.15) is 11.8 Å². The van der Waals surface area contributed by atoms with Gasteiger partial charge in [0.15, 0.2) is 0 Å². The van der Waals surface area contributed by atoms with Gasteiger partial charge in [-0.05, 0) is 25.0 Å². The van der Waals surface area contributed by atoms with Crippen molar-refractivity contribution in [2.75, 3.05) is 26.8 Å². The van der Waals surface area contributed by atoms with Crippen LogP contribution in [-0.2, 0) is 14.3 Å². The average Bonchev–Trinajstić information content (AvgIpc) is 2.65. The van der Waals surface area contributed by atoms with Crippen molar-refractivity contribution in [2.45, 2.75) is 43.6 Å². The number of pyridine rings is 1. The van der Waals surface area contributed by atoms with Gasteiger partial charge in [-0.25, -0.2) is 0 Å². The molecule has 142 valence electrons. The molecule has 4 atom stereocenters. The lowest BCUT2D eigenvalue weighted by Gasteiger charge is -2.44. The number of aliphatic hydroxyl groups excluding tert-OH is 1. The smallest absolute Gasteiger partial charge is 0.272 e. The highest BCUT2D eigenvalue weighted by molar-refractivity contribution is 5.92. The molecule has 0 spiro atoms. The summed E-state index contributed by atoms with van der Waals surface area (Å²) in [5.74, 6) is -0.299. The van der Waals surface area contributed by atoms with Crippen LogP contribution >= 0.6 is 0 Å². The van der Waals surface area contributed by atoms with Crippen LogP contribution in [0.1, 0.15) is 29.8 Å². The highest BCUT2D eigenvalue weighted by Crippen LogP contribution is 2.28. The second kappa shape index (κ2) is 8.57. The fraction of sp³-hybridized carbons (Fsp3) is 0.611. The van der Waals surface area contributed by atoms with E-state index in [-0.39, 0.29) is 56.2 Å². The molecule has 0 aliphatic carbocycles. The lowest BCUT2D eigenvalue weighted by atomic mass is 9.94. The summed E-state index contributed by atoms with van der Waals surface area (Å²) in [7, 11) is 1.60. The van der Waals surface area contributed by atoms with Crippen LogP contribution in [0.25, 0.3) is 0 Å². The Morgan fingerprint density at radius 3 is 2.92 bits per heavy atom. The van der Waals surface area contributed by atoms with Crippen molar-refractivity contribution in [3.63, 3.8) is 0 Å². The molecule has 2 fully saturated rings. The molecule has 2 amide bonds. The summed E-state index contributed by atoms with van der Waals surface area (Å²) >= 11 is 0. The Morgan fingerprint density at radius 2 is 2.19 bits per heavy atom. The standard InChI is InChI=1S/C18H25N3O5/c1-19-17(23)8-13-5-6-15-16(26-13)11-25-10-12(22)9-21(15)18(24)14-4-2-3-7-20-14/h2-4,7,12-13,15-16,22H,5-6,8-11H2,1H3,(H,19,23)/t12-,13-,15-,16+/m1/s1. The number of nitrogens with zero attached hydrogens (tertiary/aromatic N) is 2. The first-order chi connectivity index (χ1) is 12.6. The molecular formula is C18H25N3O5. The Morgan fingerprint density at radius 1 is 1.35 bits per heavy atom. The van der Waals surface area contributed by atoms with Crippen LogP contribution in [0.4, 0.5) is 0 Å². The maximum Gasteiger partial charge on any atom is 0.272 e. The molecule has 1 aromatic rings. The summed E-state index contributed by atoms with van der Waals surface area (Å²) in [5, 5.41) is 12.7. The third-order valence-corrected chi connectivity index (χ3v) is 4.82. The van der Waals surface area contributed by atoms with Crippen molar-refractivity contribution in [2.24, 2.45) is 0 Å². The topological polar surface area (TPSA) is 101 Å². The highest BCUT2D eigenvalue weighted by atomic mass is 16.5. The predicted molar refractivity (Wildman–Crippen MR) is 92.5 cm³/mol.